The van der Waals surface area contributed by atoms with Gasteiger partial charge in [-0.3, -0.25) is 4.18 Å². The van der Waals surface area contributed by atoms with Crippen LogP contribution >= 0.6 is 0 Å². The van der Waals surface area contributed by atoms with Crippen molar-refractivity contribution in [2.24, 2.45) is 5.41 Å². The molecular weight excluding hydrogens is 228 g/mol. The molecule has 1 aliphatic rings. The molecule has 7 heteroatoms. The fourth-order valence-corrected chi connectivity index (χ4v) is 2.52. The molecule has 0 spiro atoms. The topological polar surface area (TPSA) is 77.5 Å². The lowest BCUT2D eigenvalue weighted by molar-refractivity contribution is 0.239. The van der Waals surface area contributed by atoms with Crippen LogP contribution in [-0.2, 0) is 25.0 Å². The molecule has 0 aliphatic heterocycles. The third-order valence-electron chi connectivity index (χ3n) is 2.66. The van der Waals surface area contributed by atoms with Gasteiger partial charge in [0.2, 0.25) is 0 Å². The van der Waals surface area contributed by atoms with E-state index in [2.05, 4.69) is 4.18 Å². The lowest BCUT2D eigenvalue weighted by Gasteiger charge is -2.17. The first kappa shape index (κ1) is 11.9. The van der Waals surface area contributed by atoms with E-state index in [4.69, 9.17) is 0 Å². The van der Waals surface area contributed by atoms with Gasteiger partial charge >= 0.3 is 0 Å². The van der Waals surface area contributed by atoms with Gasteiger partial charge in [-0.1, -0.05) is 0 Å². The third-order valence-corrected chi connectivity index (χ3v) is 4.38. The van der Waals surface area contributed by atoms with Crippen molar-refractivity contribution in [1.29, 1.82) is 0 Å². The first-order chi connectivity index (χ1) is 6.27. The summed E-state index contributed by atoms with van der Waals surface area (Å²) in [5.74, 6) is 0. The summed E-state index contributed by atoms with van der Waals surface area (Å²) in [4.78, 5) is 0. The van der Waals surface area contributed by atoms with E-state index in [1.165, 1.54) is 0 Å². The molecule has 0 amide bonds. The standard InChI is InChI=1S/C7H14O5S2/c1-6(13(8)9)7(3-4-7)5-12-14(2,10)11/h6,13H,3-5H2,1-2H3. The van der Waals surface area contributed by atoms with Crippen LogP contribution in [-0.4, -0.2) is 34.9 Å². The van der Waals surface area contributed by atoms with Crippen molar-refractivity contribution in [1.82, 2.24) is 0 Å². The second-order valence-corrected chi connectivity index (χ2v) is 6.78. The van der Waals surface area contributed by atoms with E-state index < -0.39 is 31.5 Å². The number of hydrogen-bond donors (Lipinski definition) is 1. The van der Waals surface area contributed by atoms with E-state index >= 15 is 0 Å². The highest BCUT2D eigenvalue weighted by Crippen LogP contribution is 2.50. The molecule has 14 heavy (non-hydrogen) atoms. The Bertz CT molecular complexity index is 369. The zero-order chi connectivity index (χ0) is 11.0. The maximum absolute atomic E-state index is 10.7. The summed E-state index contributed by atoms with van der Waals surface area (Å²) in [7, 11) is -5.98. The molecule has 1 atom stereocenters. The van der Waals surface area contributed by atoms with E-state index in [1.54, 1.807) is 6.92 Å². The normalized spacial score (nSPS) is 22.2. The highest BCUT2D eigenvalue weighted by molar-refractivity contribution is 7.86. The van der Waals surface area contributed by atoms with Crippen LogP contribution in [0.3, 0.4) is 0 Å². The zero-order valence-corrected chi connectivity index (χ0v) is 9.81. The molecule has 1 unspecified atom stereocenters. The number of thiol groups is 1. The summed E-state index contributed by atoms with van der Waals surface area (Å²) < 4.78 is 47.6. The van der Waals surface area contributed by atoms with Gasteiger partial charge in [0.15, 0.2) is 0 Å². The predicted molar refractivity (Wildman–Crippen MR) is 52.2 cm³/mol. The predicted octanol–water partition coefficient (Wildman–Crippen LogP) is -0.257. The molecule has 84 valence electrons. The van der Waals surface area contributed by atoms with Crippen LogP contribution in [0.1, 0.15) is 19.8 Å². The van der Waals surface area contributed by atoms with E-state index in [1.807, 2.05) is 0 Å². The van der Waals surface area contributed by atoms with Gasteiger partial charge in [-0.2, -0.15) is 8.42 Å². The summed E-state index contributed by atoms with van der Waals surface area (Å²) in [5, 5.41) is -0.515. The molecule has 0 radical (unpaired) electrons. The molecule has 1 fully saturated rings. The SMILES string of the molecule is CC([SH](=O)=O)C1(COS(C)(=O)=O)CC1. The molecule has 1 rings (SSSR count). The van der Waals surface area contributed by atoms with Crippen molar-refractivity contribution in [2.45, 2.75) is 25.0 Å². The van der Waals surface area contributed by atoms with E-state index in [-0.39, 0.29) is 6.61 Å². The maximum atomic E-state index is 10.7. The Morgan fingerprint density at radius 3 is 2.21 bits per heavy atom. The van der Waals surface area contributed by atoms with Gasteiger partial charge in [0.25, 0.3) is 10.1 Å². The zero-order valence-electron chi connectivity index (χ0n) is 8.10. The Labute approximate surface area is 85.5 Å². The minimum absolute atomic E-state index is 0.0175. The van der Waals surface area contributed by atoms with Crippen molar-refractivity contribution in [3.63, 3.8) is 0 Å². The Kier molecular flexibility index (Phi) is 3.23. The van der Waals surface area contributed by atoms with Crippen LogP contribution in [0.5, 0.6) is 0 Å². The Morgan fingerprint density at radius 2 is 1.93 bits per heavy atom. The van der Waals surface area contributed by atoms with Crippen LogP contribution in [0, 0.1) is 5.41 Å². The van der Waals surface area contributed by atoms with Crippen LogP contribution < -0.4 is 0 Å². The van der Waals surface area contributed by atoms with Crippen LogP contribution in [0.25, 0.3) is 0 Å². The van der Waals surface area contributed by atoms with Crippen LogP contribution in [0.15, 0.2) is 0 Å². The van der Waals surface area contributed by atoms with Crippen molar-refractivity contribution >= 4 is 20.8 Å². The molecule has 0 bridgehead atoms. The summed E-state index contributed by atoms with van der Waals surface area (Å²) in [6, 6.07) is 0. The number of hydrogen-bond acceptors (Lipinski definition) is 5. The molecule has 0 N–H and O–H groups in total. The Hall–Kier alpha value is -0.140. The van der Waals surface area contributed by atoms with Gasteiger partial charge < -0.3 is 0 Å². The lowest BCUT2D eigenvalue weighted by Crippen LogP contribution is -2.26. The molecular formula is C7H14O5S2. The van der Waals surface area contributed by atoms with Crippen molar-refractivity contribution in [2.75, 3.05) is 12.9 Å². The van der Waals surface area contributed by atoms with Gasteiger partial charge in [0.05, 0.1) is 18.1 Å². The van der Waals surface area contributed by atoms with E-state index in [0.29, 0.717) is 12.8 Å². The maximum Gasteiger partial charge on any atom is 0.264 e. The fraction of sp³-hybridized carbons (Fsp3) is 1.00. The first-order valence-corrected chi connectivity index (χ1v) is 7.31. The lowest BCUT2D eigenvalue weighted by atomic mass is 10.1. The van der Waals surface area contributed by atoms with Crippen LogP contribution in [0.4, 0.5) is 0 Å². The Balaban J connectivity index is 2.60. The van der Waals surface area contributed by atoms with Gasteiger partial charge in [0.1, 0.15) is 10.7 Å². The quantitative estimate of drug-likeness (QED) is 0.531. The molecule has 0 aromatic heterocycles. The summed E-state index contributed by atoms with van der Waals surface area (Å²) >= 11 is 0. The van der Waals surface area contributed by atoms with Gasteiger partial charge in [-0.25, -0.2) is 8.42 Å². The molecule has 1 saturated carbocycles. The van der Waals surface area contributed by atoms with Crippen molar-refractivity contribution in [3.8, 4) is 0 Å². The summed E-state index contributed by atoms with van der Waals surface area (Å²) in [6.45, 7) is 1.57. The highest BCUT2D eigenvalue weighted by Gasteiger charge is 2.49. The fourth-order valence-electron chi connectivity index (χ4n) is 1.29. The van der Waals surface area contributed by atoms with Gasteiger partial charge in [0, 0.05) is 5.41 Å². The smallest absolute Gasteiger partial charge is 0.264 e. The highest BCUT2D eigenvalue weighted by atomic mass is 32.2. The van der Waals surface area contributed by atoms with Crippen molar-refractivity contribution in [3.05, 3.63) is 0 Å². The minimum Gasteiger partial charge on any atom is -0.270 e. The molecule has 1 aliphatic carbocycles. The molecule has 0 saturated heterocycles. The third kappa shape index (κ3) is 2.93. The van der Waals surface area contributed by atoms with Gasteiger partial charge in [-0.05, 0) is 19.8 Å². The average molecular weight is 242 g/mol. The molecule has 0 heterocycles. The second kappa shape index (κ2) is 3.79. The molecule has 5 nitrogen and oxygen atoms in total. The van der Waals surface area contributed by atoms with Crippen LogP contribution in [0.2, 0.25) is 0 Å². The monoisotopic (exact) mass is 242 g/mol. The summed E-state index contributed by atoms with van der Waals surface area (Å²) in [5.41, 5.74) is -0.460. The molecule has 0 aromatic rings. The average Bonchev–Trinajstić information content (AvgIpc) is 2.79. The van der Waals surface area contributed by atoms with E-state index in [9.17, 15) is 16.8 Å². The first-order valence-electron chi connectivity index (χ1n) is 4.25. The van der Waals surface area contributed by atoms with Gasteiger partial charge in [-0.15, -0.1) is 0 Å². The summed E-state index contributed by atoms with van der Waals surface area (Å²) in [6.07, 6.45) is 2.39. The second-order valence-electron chi connectivity index (χ2n) is 3.79. The Morgan fingerprint density at radius 1 is 1.43 bits per heavy atom. The largest absolute Gasteiger partial charge is 0.270 e. The molecule has 0 aromatic carbocycles. The van der Waals surface area contributed by atoms with Crippen molar-refractivity contribution < 1.29 is 21.0 Å². The van der Waals surface area contributed by atoms with E-state index in [0.717, 1.165) is 6.26 Å². The number of rotatable bonds is 5. The minimum atomic E-state index is -3.47.